The predicted octanol–water partition coefficient (Wildman–Crippen LogP) is 11.8. The van der Waals surface area contributed by atoms with Gasteiger partial charge in [0, 0.05) is 244 Å². The molecule has 1 saturated carbocycles. The van der Waals surface area contributed by atoms with Crippen molar-refractivity contribution in [2.24, 2.45) is 22.0 Å². The van der Waals surface area contributed by atoms with Gasteiger partial charge >= 0.3 is 0 Å². The molecular formula is C105H133N27O6. The van der Waals surface area contributed by atoms with E-state index in [0.29, 0.717) is 128 Å². The van der Waals surface area contributed by atoms with Crippen molar-refractivity contribution >= 4 is 86.8 Å². The third-order valence-electron chi connectivity index (χ3n) is 33.9. The number of anilines is 12. The fourth-order valence-electron chi connectivity index (χ4n) is 24.9. The number of primary amides is 1. The summed E-state index contributed by atoms with van der Waals surface area (Å²) >= 11 is 0. The topological polar surface area (TPSA) is 329 Å². The Bertz CT molecular complexity index is 5780. The zero-order valence-electron chi connectivity index (χ0n) is 79.9. The molecule has 138 heavy (non-hydrogen) atoms. The molecule has 14 fully saturated rings. The summed E-state index contributed by atoms with van der Waals surface area (Å²) in [6.45, 7) is 25.3. The van der Waals surface area contributed by atoms with Crippen LogP contribution in [0.5, 0.6) is 0 Å². The number of piperidine rings is 5. The number of rotatable bonds is 26. The molecular weight excluding hydrogens is 1740 g/mol. The second-order valence-corrected chi connectivity index (χ2v) is 42.1. The van der Waals surface area contributed by atoms with Crippen LogP contribution in [0.15, 0.2) is 146 Å². The Hall–Kier alpha value is -11.4. The van der Waals surface area contributed by atoms with E-state index in [0.717, 1.165) is 275 Å². The molecule has 1 aliphatic carbocycles. The summed E-state index contributed by atoms with van der Waals surface area (Å²) in [5, 5.41) is 21.2. The van der Waals surface area contributed by atoms with Gasteiger partial charge in [-0.3, -0.25) is 48.9 Å². The van der Waals surface area contributed by atoms with Gasteiger partial charge in [0.05, 0.1) is 37.0 Å². The zero-order chi connectivity index (χ0) is 92.9. The Labute approximate surface area is 809 Å². The molecule has 3 amide bonds. The molecule has 3 aromatic carbocycles. The highest BCUT2D eigenvalue weighted by molar-refractivity contribution is 6.01. The molecule has 0 bridgehead atoms. The van der Waals surface area contributed by atoms with Gasteiger partial charge in [-0.05, 0) is 262 Å². The maximum Gasteiger partial charge on any atom is 0.274 e. The molecule has 6 aromatic heterocycles. The average Bonchev–Trinajstić information content (AvgIpc) is 0.908. The van der Waals surface area contributed by atoms with Gasteiger partial charge in [0.15, 0.2) is 52.0 Å². The number of benzene rings is 3. The van der Waals surface area contributed by atoms with Gasteiger partial charge < -0.3 is 86.1 Å². The largest absolute Gasteiger partial charge is 0.381 e. The first-order valence-electron chi connectivity index (χ1n) is 51.2. The van der Waals surface area contributed by atoms with Gasteiger partial charge in [-0.25, -0.2) is 29.9 Å². The molecule has 724 valence electrons. The van der Waals surface area contributed by atoms with Crippen molar-refractivity contribution in [1.82, 2.24) is 84.9 Å². The number of likely N-dealkylation sites (tertiary alicyclic amines) is 4. The summed E-state index contributed by atoms with van der Waals surface area (Å²) in [4.78, 5) is 116. The fraction of sp³-hybridized carbons (Fsp3) is 0.543. The molecule has 8 N–H and O–H groups in total. The average molecular weight is 1870 g/mol. The van der Waals surface area contributed by atoms with Crippen LogP contribution < -0.4 is 62.1 Å². The number of pyridine rings is 3. The molecule has 0 radical (unpaired) electrons. The lowest BCUT2D eigenvalue weighted by Gasteiger charge is -2.57. The Balaban J connectivity index is 0.395. The minimum Gasteiger partial charge on any atom is -0.381 e. The lowest BCUT2D eigenvalue weighted by atomic mass is 9.71. The summed E-state index contributed by atoms with van der Waals surface area (Å²) in [5.74, 6) is 2.01. The number of hydrogen-bond donors (Lipinski definition) is 7. The monoisotopic (exact) mass is 1870 g/mol. The molecule has 19 heterocycles. The quantitative estimate of drug-likeness (QED) is 0.0265. The zero-order valence-corrected chi connectivity index (χ0v) is 79.9. The summed E-state index contributed by atoms with van der Waals surface area (Å²) in [7, 11) is 2.23. The molecule has 23 rings (SSSR count). The van der Waals surface area contributed by atoms with Crippen LogP contribution in [0.3, 0.4) is 0 Å². The van der Waals surface area contributed by atoms with Gasteiger partial charge in [0.1, 0.15) is 17.1 Å². The van der Waals surface area contributed by atoms with Crippen molar-refractivity contribution in [3.63, 3.8) is 0 Å². The molecule has 13 aliphatic heterocycles. The molecule has 33 heteroatoms. The van der Waals surface area contributed by atoms with Crippen molar-refractivity contribution < 1.29 is 28.6 Å². The van der Waals surface area contributed by atoms with Gasteiger partial charge in [0.25, 0.3) is 17.7 Å². The summed E-state index contributed by atoms with van der Waals surface area (Å²) in [6.07, 6.45) is 25.2. The SMILES string of the molecule is CN1CCN(C2CCN(c3ccc(Nc4nc(NC5CCOCC56CC6)c(-c5ccccn5)nc4C(=O)NCN4CC5(CCN(C6CCN(c7ccc(Nc8nc(N9CCC9%10CCOCC%10)c(-c9ccccn9)nc8C(=O)NCN8CCC9(CC8)CN(C8CCN(c%10ccc(Nc%11nc(N%12CCC%12%13CCOCC%13)c(-c%12ccccn%12)nc%11C(N)=O)cc%10)CC8)C9)cc7)CC6)CC5)C4)cc3)CC2)CC1. The van der Waals surface area contributed by atoms with E-state index in [1.807, 2.05) is 54.6 Å². The van der Waals surface area contributed by atoms with E-state index in [1.54, 1.807) is 18.6 Å². The lowest BCUT2D eigenvalue weighted by molar-refractivity contribution is -0.0739. The van der Waals surface area contributed by atoms with E-state index < -0.39 is 5.91 Å². The predicted molar refractivity (Wildman–Crippen MR) is 537 cm³/mol. The molecule has 13 saturated heterocycles. The van der Waals surface area contributed by atoms with Gasteiger partial charge in [-0.1, -0.05) is 18.2 Å². The highest BCUT2D eigenvalue weighted by atomic mass is 16.5. The number of nitrogens with two attached hydrogens (primary N) is 1. The van der Waals surface area contributed by atoms with Crippen LogP contribution in [0.1, 0.15) is 153 Å². The number of hydrogen-bond acceptors (Lipinski definition) is 30. The van der Waals surface area contributed by atoms with E-state index in [9.17, 15) is 9.59 Å². The maximum atomic E-state index is 15.1. The highest BCUT2D eigenvalue weighted by Crippen LogP contribution is 2.54. The lowest BCUT2D eigenvalue weighted by Crippen LogP contribution is -2.64. The van der Waals surface area contributed by atoms with Crippen LogP contribution in [0.4, 0.5) is 69.0 Å². The van der Waals surface area contributed by atoms with E-state index >= 15 is 4.79 Å². The Morgan fingerprint density at radius 2 is 0.790 bits per heavy atom. The van der Waals surface area contributed by atoms with Crippen molar-refractivity contribution in [2.75, 3.05) is 237 Å². The van der Waals surface area contributed by atoms with Gasteiger partial charge in [-0.2, -0.15) is 0 Å². The minimum atomic E-state index is -0.659. The summed E-state index contributed by atoms with van der Waals surface area (Å²) in [5.41, 5.74) is 16.7. The molecule has 1 atom stereocenters. The molecule has 14 aliphatic rings. The van der Waals surface area contributed by atoms with Crippen LogP contribution in [0.25, 0.3) is 34.2 Å². The van der Waals surface area contributed by atoms with Gasteiger partial charge in [-0.15, -0.1) is 0 Å². The Morgan fingerprint density at radius 3 is 1.23 bits per heavy atom. The molecule has 33 nitrogen and oxygen atoms in total. The molecule has 5 spiro atoms. The van der Waals surface area contributed by atoms with E-state index in [2.05, 4.69) is 171 Å². The third-order valence-corrected chi connectivity index (χ3v) is 33.9. The summed E-state index contributed by atoms with van der Waals surface area (Å²) < 4.78 is 17.7. The van der Waals surface area contributed by atoms with E-state index in [1.165, 1.54) is 24.2 Å². The number of nitrogens with one attached hydrogen (secondary N) is 6. The van der Waals surface area contributed by atoms with Crippen LogP contribution >= 0.6 is 0 Å². The first kappa shape index (κ1) is 90.4. The Kier molecular flexibility index (Phi) is 25.3. The van der Waals surface area contributed by atoms with Crippen molar-refractivity contribution in [3.8, 4) is 34.2 Å². The Morgan fingerprint density at radius 1 is 0.377 bits per heavy atom. The number of piperazine rings is 1. The number of amides is 3. The first-order valence-corrected chi connectivity index (χ1v) is 51.2. The van der Waals surface area contributed by atoms with Gasteiger partial charge in [0.2, 0.25) is 0 Å². The fourth-order valence-corrected chi connectivity index (χ4v) is 24.9. The van der Waals surface area contributed by atoms with Crippen molar-refractivity contribution in [2.45, 2.75) is 157 Å². The first-order chi connectivity index (χ1) is 67.6. The maximum absolute atomic E-state index is 15.1. The van der Waals surface area contributed by atoms with E-state index in [4.69, 9.17) is 59.8 Å². The number of ether oxygens (including phenoxy) is 3. The van der Waals surface area contributed by atoms with Crippen LogP contribution in [0.2, 0.25) is 0 Å². The normalized spacial score (nSPS) is 23.1. The summed E-state index contributed by atoms with van der Waals surface area (Å²) in [6, 6.07) is 44.9. The number of carbonyl (C=O) groups excluding carboxylic acids is 3. The molecule has 1 unspecified atom stereocenters. The van der Waals surface area contributed by atoms with Crippen molar-refractivity contribution in [1.29, 1.82) is 0 Å². The smallest absolute Gasteiger partial charge is 0.274 e. The number of aromatic nitrogens is 9. The number of carbonyl (C=O) groups is 3. The number of nitrogens with zero attached hydrogens (tertiary/aromatic N) is 20. The second kappa shape index (κ2) is 38.7. The number of likely N-dealkylation sites (N-methyl/N-ethyl adjacent to an activating group) is 1. The standard InChI is InChI=1S/C105H133N27O6/c1-122-57-59-129(60-58-122)80-25-47-126(48-26-80)76-19-13-74(14-20-76)113-95-90(116-86(82-8-2-5-42-107-82)93(119-95)115-85-29-61-138-70-103(85)30-31-103)99(134)111-72-124-66-101(67-124)34-53-128(54-35-101)79-23-45-125(46-24-79)77-21-15-75(16-22-77)114-96-91(118-88(84-10-4-7-44-109-84)98(121-96)132-56-37-105(132)40-64-137-65-41-105)100(135)110-71-123-51-32-102(33-52-123)68-130(69-102)81-27-49-127(50-28-81)78-17-11-73(12-18-78)112-94-89(92(106)133)117-87(83-9-3-6-43-108-83)97(120-94)131-55-36-104(131)38-62-136-63-39-104/h2-22,42-44,79-81,85H,23-41,45-72H2,1H3,(H2,106,133)(H,110,135)(H,111,134)(H,112,120)(H,114,121)(H2,113,115,119). The van der Waals surface area contributed by atoms with E-state index in [-0.39, 0.29) is 62.3 Å². The third kappa shape index (κ3) is 18.6. The molecule has 9 aromatic rings. The van der Waals surface area contributed by atoms with Crippen LogP contribution in [-0.4, -0.2) is 318 Å². The highest BCUT2D eigenvalue weighted by Gasteiger charge is 2.54. The van der Waals surface area contributed by atoms with Crippen LogP contribution in [0, 0.1) is 16.2 Å². The minimum absolute atomic E-state index is 0.0693. The second-order valence-electron chi connectivity index (χ2n) is 42.1. The van der Waals surface area contributed by atoms with Crippen molar-refractivity contribution in [3.05, 3.63) is 163 Å². The van der Waals surface area contributed by atoms with Crippen LogP contribution in [-0.2, 0) is 14.2 Å².